The van der Waals surface area contributed by atoms with Crippen LogP contribution in [0.2, 0.25) is 0 Å². The zero-order valence-corrected chi connectivity index (χ0v) is 24.0. The van der Waals surface area contributed by atoms with Gasteiger partial charge in [-0.15, -0.1) is 0 Å². The molecular weight excluding hydrogens is 542 g/mol. The predicted molar refractivity (Wildman–Crippen MR) is 158 cm³/mol. The van der Waals surface area contributed by atoms with Gasteiger partial charge in [0.15, 0.2) is 11.5 Å². The lowest BCUT2D eigenvalue weighted by atomic mass is 10.1. The molecule has 0 bridgehead atoms. The molecule has 4 aromatic rings. The van der Waals surface area contributed by atoms with E-state index >= 15 is 0 Å². The number of para-hydroxylation sites is 1. The van der Waals surface area contributed by atoms with Crippen molar-refractivity contribution in [3.8, 4) is 17.2 Å². The van der Waals surface area contributed by atoms with Crippen LogP contribution >= 0.6 is 0 Å². The highest BCUT2D eigenvalue weighted by atomic mass is 32.2. The van der Waals surface area contributed by atoms with Gasteiger partial charge in [0.1, 0.15) is 5.75 Å². The number of anilines is 1. The van der Waals surface area contributed by atoms with E-state index in [1.807, 2.05) is 30.3 Å². The minimum absolute atomic E-state index is 0.00738. The van der Waals surface area contributed by atoms with Gasteiger partial charge in [-0.25, -0.2) is 13.8 Å². The zero-order valence-electron chi connectivity index (χ0n) is 23.2. The van der Waals surface area contributed by atoms with Crippen LogP contribution in [0.5, 0.6) is 17.2 Å². The Morgan fingerprint density at radius 2 is 1.46 bits per heavy atom. The highest BCUT2D eigenvalue weighted by Crippen LogP contribution is 2.31. The van der Waals surface area contributed by atoms with Crippen molar-refractivity contribution in [3.05, 3.63) is 114 Å². The third-order valence-electron chi connectivity index (χ3n) is 6.36. The summed E-state index contributed by atoms with van der Waals surface area (Å²) in [4.78, 5) is 13.5. The number of rotatable bonds is 11. The summed E-state index contributed by atoms with van der Waals surface area (Å²) in [5.74, 6) is 1.06. The van der Waals surface area contributed by atoms with Gasteiger partial charge < -0.3 is 14.2 Å². The number of carbonyl (C=O) groups is 1. The number of carbonyl (C=O) groups excluding carboxylic acids is 1. The molecule has 0 fully saturated rings. The van der Waals surface area contributed by atoms with E-state index in [0.717, 1.165) is 5.56 Å². The maximum Gasteiger partial charge on any atom is 0.273 e. The molecule has 9 nitrogen and oxygen atoms in total. The van der Waals surface area contributed by atoms with Crippen LogP contribution < -0.4 is 23.9 Å². The molecule has 0 aliphatic heterocycles. The maximum atomic E-state index is 14.0. The van der Waals surface area contributed by atoms with Crippen molar-refractivity contribution in [1.29, 1.82) is 0 Å². The second-order valence-corrected chi connectivity index (χ2v) is 10.8. The number of amides is 1. The minimum atomic E-state index is -4.09. The van der Waals surface area contributed by atoms with Gasteiger partial charge in [0.25, 0.3) is 15.9 Å². The van der Waals surface area contributed by atoms with E-state index in [9.17, 15) is 13.2 Å². The molecule has 0 atom stereocenters. The third-order valence-corrected chi connectivity index (χ3v) is 8.13. The summed E-state index contributed by atoms with van der Waals surface area (Å²) >= 11 is 0. The molecule has 0 aliphatic rings. The number of benzene rings is 4. The number of methoxy groups -OCH3 is 3. The minimum Gasteiger partial charge on any atom is -0.497 e. The first-order chi connectivity index (χ1) is 19.8. The molecule has 1 amide bonds. The maximum absolute atomic E-state index is 14.0. The van der Waals surface area contributed by atoms with Gasteiger partial charge in [-0.1, -0.05) is 42.5 Å². The fourth-order valence-corrected chi connectivity index (χ4v) is 5.60. The standard InChI is InChI=1S/C31H31N3O6S/c1-22(24-14-19-29(39-3)30(20-24)40-4)32-33-31(35)27-12-8-9-13-28(27)34(21-23-10-6-5-7-11-23)41(36,37)26-17-15-25(38-2)16-18-26/h5-20H,21H2,1-4H3,(H,33,35)/b32-22+. The van der Waals surface area contributed by atoms with Crippen molar-refractivity contribution < 1.29 is 27.4 Å². The lowest BCUT2D eigenvalue weighted by molar-refractivity contribution is 0.0955. The Morgan fingerprint density at radius 3 is 2.12 bits per heavy atom. The summed E-state index contributed by atoms with van der Waals surface area (Å²) in [7, 11) is 0.507. The van der Waals surface area contributed by atoms with Crippen molar-refractivity contribution >= 4 is 27.3 Å². The van der Waals surface area contributed by atoms with Gasteiger partial charge in [-0.2, -0.15) is 5.10 Å². The fraction of sp³-hybridized carbons (Fsp3) is 0.161. The quantitative estimate of drug-likeness (QED) is 0.194. The normalized spacial score (nSPS) is 11.5. The second-order valence-electron chi connectivity index (χ2n) is 8.90. The number of ether oxygens (including phenoxy) is 3. The van der Waals surface area contributed by atoms with Gasteiger partial charge in [-0.3, -0.25) is 9.10 Å². The van der Waals surface area contributed by atoms with E-state index in [-0.39, 0.29) is 22.7 Å². The van der Waals surface area contributed by atoms with Crippen molar-refractivity contribution in [1.82, 2.24) is 5.43 Å². The fourth-order valence-electron chi connectivity index (χ4n) is 4.13. The van der Waals surface area contributed by atoms with Crippen LogP contribution in [0.4, 0.5) is 5.69 Å². The Morgan fingerprint density at radius 1 is 0.805 bits per heavy atom. The van der Waals surface area contributed by atoms with E-state index in [0.29, 0.717) is 28.5 Å². The largest absolute Gasteiger partial charge is 0.497 e. The van der Waals surface area contributed by atoms with Gasteiger partial charge in [0.2, 0.25) is 0 Å². The highest BCUT2D eigenvalue weighted by Gasteiger charge is 2.28. The average molecular weight is 574 g/mol. The molecular formula is C31H31N3O6S. The lowest BCUT2D eigenvalue weighted by Gasteiger charge is -2.26. The summed E-state index contributed by atoms with van der Waals surface area (Å²) in [6.45, 7) is 1.75. The number of sulfonamides is 1. The summed E-state index contributed by atoms with van der Waals surface area (Å²) in [5.41, 5.74) is 4.90. The zero-order chi connectivity index (χ0) is 29.4. The molecule has 4 rings (SSSR count). The Hall–Kier alpha value is -4.83. The van der Waals surface area contributed by atoms with E-state index in [1.54, 1.807) is 68.6 Å². The van der Waals surface area contributed by atoms with E-state index < -0.39 is 15.9 Å². The first-order valence-electron chi connectivity index (χ1n) is 12.6. The van der Waals surface area contributed by atoms with E-state index in [1.165, 1.54) is 30.7 Å². The van der Waals surface area contributed by atoms with Crippen LogP contribution in [0.15, 0.2) is 107 Å². The molecule has 0 aliphatic carbocycles. The smallest absolute Gasteiger partial charge is 0.273 e. The number of nitrogens with one attached hydrogen (secondary N) is 1. The molecule has 1 N–H and O–H groups in total. The number of hydrogen-bond donors (Lipinski definition) is 1. The van der Waals surface area contributed by atoms with Gasteiger partial charge >= 0.3 is 0 Å². The molecule has 0 unspecified atom stereocenters. The van der Waals surface area contributed by atoms with Gasteiger partial charge in [0.05, 0.1) is 49.7 Å². The van der Waals surface area contributed by atoms with E-state index in [4.69, 9.17) is 14.2 Å². The number of hydrazone groups is 1. The van der Waals surface area contributed by atoms with Crippen molar-refractivity contribution in [2.45, 2.75) is 18.4 Å². The molecule has 212 valence electrons. The Labute approximate surface area is 240 Å². The summed E-state index contributed by atoms with van der Waals surface area (Å²) in [5, 5.41) is 4.26. The Bertz CT molecular complexity index is 1640. The molecule has 4 aromatic carbocycles. The summed E-state index contributed by atoms with van der Waals surface area (Å²) in [6, 6.07) is 27.1. The molecule has 10 heteroatoms. The van der Waals surface area contributed by atoms with Crippen LogP contribution in [-0.2, 0) is 16.6 Å². The summed E-state index contributed by atoms with van der Waals surface area (Å²) in [6.07, 6.45) is 0. The first-order valence-corrected chi connectivity index (χ1v) is 14.1. The van der Waals surface area contributed by atoms with Crippen molar-refractivity contribution in [2.75, 3.05) is 25.6 Å². The highest BCUT2D eigenvalue weighted by molar-refractivity contribution is 7.92. The van der Waals surface area contributed by atoms with Crippen LogP contribution in [-0.4, -0.2) is 41.4 Å². The van der Waals surface area contributed by atoms with E-state index in [2.05, 4.69) is 10.5 Å². The SMILES string of the molecule is COc1ccc(S(=O)(=O)N(Cc2ccccc2)c2ccccc2C(=O)N/N=C(\C)c2ccc(OC)c(OC)c2)cc1. The third kappa shape index (κ3) is 6.67. The molecule has 0 radical (unpaired) electrons. The first kappa shape index (κ1) is 29.2. The second kappa shape index (κ2) is 13.0. The molecule has 41 heavy (non-hydrogen) atoms. The van der Waals surface area contributed by atoms with Crippen LogP contribution in [0, 0.1) is 0 Å². The van der Waals surface area contributed by atoms with Gasteiger partial charge in [0, 0.05) is 5.56 Å². The molecule has 0 heterocycles. The summed E-state index contributed by atoms with van der Waals surface area (Å²) < 4.78 is 45.0. The number of hydrogen-bond acceptors (Lipinski definition) is 7. The van der Waals surface area contributed by atoms with Crippen LogP contribution in [0.25, 0.3) is 0 Å². The Balaban J connectivity index is 1.70. The molecule has 0 spiro atoms. The van der Waals surface area contributed by atoms with Crippen molar-refractivity contribution in [3.63, 3.8) is 0 Å². The molecule has 0 aromatic heterocycles. The van der Waals surface area contributed by atoms with Crippen molar-refractivity contribution in [2.24, 2.45) is 5.10 Å². The van der Waals surface area contributed by atoms with Gasteiger partial charge in [-0.05, 0) is 67.1 Å². The molecule has 0 saturated carbocycles. The monoisotopic (exact) mass is 573 g/mol. The lowest BCUT2D eigenvalue weighted by Crippen LogP contribution is -2.33. The topological polar surface area (TPSA) is 107 Å². The van der Waals surface area contributed by atoms with Crippen LogP contribution in [0.3, 0.4) is 0 Å². The Kier molecular flexibility index (Phi) is 9.26. The average Bonchev–Trinajstić information content (AvgIpc) is 3.02. The number of nitrogens with zero attached hydrogens (tertiary/aromatic N) is 2. The van der Waals surface area contributed by atoms with Crippen LogP contribution in [0.1, 0.15) is 28.4 Å². The predicted octanol–water partition coefficient (Wildman–Crippen LogP) is 5.26. The molecule has 0 saturated heterocycles.